The second kappa shape index (κ2) is 12.3. The van der Waals surface area contributed by atoms with Crippen molar-refractivity contribution in [1.29, 1.82) is 0 Å². The highest BCUT2D eigenvalue weighted by Gasteiger charge is 2.20. The first kappa shape index (κ1) is 30.2. The van der Waals surface area contributed by atoms with Gasteiger partial charge in [-0.05, 0) is 90.8 Å². The summed E-state index contributed by atoms with van der Waals surface area (Å²) in [6.45, 7) is 0. The predicted octanol–water partition coefficient (Wildman–Crippen LogP) is 13.1. The van der Waals surface area contributed by atoms with E-state index in [-0.39, 0.29) is 5.28 Å². The molecule has 0 unspecified atom stereocenters. The lowest BCUT2D eigenvalue weighted by molar-refractivity contribution is 0.669. The molecule has 0 atom stereocenters. The van der Waals surface area contributed by atoms with Gasteiger partial charge in [-0.3, -0.25) is 0 Å². The zero-order chi connectivity index (χ0) is 34.6. The maximum atomic E-state index is 6.72. The van der Waals surface area contributed by atoms with Gasteiger partial charge in [0.25, 0.3) is 0 Å². The van der Waals surface area contributed by atoms with E-state index in [4.69, 9.17) is 21.0 Å². The van der Waals surface area contributed by atoms with E-state index >= 15 is 0 Å². The smallest absolute Gasteiger partial charge is 0.226 e. The minimum atomic E-state index is 0.120. The number of rotatable bonds is 5. The van der Waals surface area contributed by atoms with Gasteiger partial charge in [0.2, 0.25) is 5.28 Å². The molecule has 0 radical (unpaired) electrons. The molecular formula is C47H28ClN3O. The monoisotopic (exact) mass is 685 g/mol. The maximum Gasteiger partial charge on any atom is 0.226 e. The van der Waals surface area contributed by atoms with Crippen molar-refractivity contribution in [2.24, 2.45) is 0 Å². The quantitative estimate of drug-likeness (QED) is 0.169. The normalized spacial score (nSPS) is 11.6. The molecule has 0 bridgehead atoms. The first-order valence-corrected chi connectivity index (χ1v) is 17.6. The Labute approximate surface area is 304 Å². The molecule has 0 aliphatic heterocycles. The molecular weight excluding hydrogens is 658 g/mol. The molecule has 0 aliphatic rings. The van der Waals surface area contributed by atoms with Crippen LogP contribution in [0.1, 0.15) is 0 Å². The highest BCUT2D eigenvalue weighted by molar-refractivity contribution is 6.28. The lowest BCUT2D eigenvalue weighted by Gasteiger charge is -2.14. The van der Waals surface area contributed by atoms with Gasteiger partial charge >= 0.3 is 0 Å². The Hall–Kier alpha value is -6.62. The number of hydrogen-bond acceptors (Lipinski definition) is 4. The molecule has 244 valence electrons. The van der Waals surface area contributed by atoms with E-state index in [1.54, 1.807) is 0 Å². The third-order valence-corrected chi connectivity index (χ3v) is 10.0. The molecule has 52 heavy (non-hydrogen) atoms. The Morgan fingerprint density at radius 2 is 0.962 bits per heavy atom. The molecule has 10 rings (SSSR count). The molecule has 8 aromatic carbocycles. The standard InChI is InChI=1S/C47H28ClN3O/c48-47-50-45(49-46(51-47)41-28-32-17-11-22-35(30-15-5-2-6-16-30)43(32)37-21-10-9-20-36(37)41)39-24-12-23-38-40-27-31(25-26-42(40)52-44(38)39)34-19-8-7-18-33(34)29-13-3-1-4-14-29/h1-28H. The Balaban J connectivity index is 1.13. The van der Waals surface area contributed by atoms with Gasteiger partial charge < -0.3 is 4.42 Å². The Bertz CT molecular complexity index is 2970. The summed E-state index contributed by atoms with van der Waals surface area (Å²) in [6.07, 6.45) is 0. The van der Waals surface area contributed by atoms with Gasteiger partial charge in [-0.15, -0.1) is 0 Å². The van der Waals surface area contributed by atoms with Crippen molar-refractivity contribution in [3.63, 3.8) is 0 Å². The molecule has 0 fully saturated rings. The molecule has 5 heteroatoms. The minimum Gasteiger partial charge on any atom is -0.455 e. The van der Waals surface area contributed by atoms with Crippen LogP contribution in [0.3, 0.4) is 0 Å². The van der Waals surface area contributed by atoms with Crippen LogP contribution in [0.2, 0.25) is 5.28 Å². The van der Waals surface area contributed by atoms with Gasteiger partial charge in [-0.1, -0.05) is 146 Å². The van der Waals surface area contributed by atoms with Crippen LogP contribution < -0.4 is 0 Å². The van der Waals surface area contributed by atoms with Crippen LogP contribution in [-0.4, -0.2) is 15.0 Å². The number of furan rings is 1. The average Bonchev–Trinajstić information content (AvgIpc) is 3.59. The number of halogens is 1. The van der Waals surface area contributed by atoms with Crippen LogP contribution in [0.5, 0.6) is 0 Å². The third kappa shape index (κ3) is 5.04. The third-order valence-electron chi connectivity index (χ3n) is 9.88. The highest BCUT2D eigenvalue weighted by atomic mass is 35.5. The lowest BCUT2D eigenvalue weighted by Crippen LogP contribution is -1.98. The Morgan fingerprint density at radius 3 is 1.73 bits per heavy atom. The molecule has 2 heterocycles. The van der Waals surface area contributed by atoms with Gasteiger partial charge in [0.1, 0.15) is 11.2 Å². The number of benzene rings is 8. The van der Waals surface area contributed by atoms with Gasteiger partial charge in [-0.2, -0.15) is 9.97 Å². The van der Waals surface area contributed by atoms with Gasteiger partial charge in [0.05, 0.1) is 5.56 Å². The lowest BCUT2D eigenvalue weighted by atomic mass is 9.91. The van der Waals surface area contributed by atoms with Crippen LogP contribution in [-0.2, 0) is 0 Å². The first-order valence-electron chi connectivity index (χ1n) is 17.2. The van der Waals surface area contributed by atoms with E-state index in [1.807, 2.05) is 36.4 Å². The average molecular weight is 686 g/mol. The molecule has 0 aliphatic carbocycles. The van der Waals surface area contributed by atoms with E-state index < -0.39 is 0 Å². The summed E-state index contributed by atoms with van der Waals surface area (Å²) in [5.74, 6) is 0.961. The Kier molecular flexibility index (Phi) is 7.15. The summed E-state index contributed by atoms with van der Waals surface area (Å²) in [4.78, 5) is 14.4. The van der Waals surface area contributed by atoms with Crippen LogP contribution in [0.15, 0.2) is 174 Å². The second-order valence-electron chi connectivity index (χ2n) is 12.9. The van der Waals surface area contributed by atoms with Crippen LogP contribution in [0.25, 0.3) is 99.6 Å². The molecule has 4 nitrogen and oxygen atoms in total. The number of nitrogens with zero attached hydrogens (tertiary/aromatic N) is 3. The summed E-state index contributed by atoms with van der Waals surface area (Å²) >= 11 is 6.72. The van der Waals surface area contributed by atoms with Crippen LogP contribution in [0.4, 0.5) is 0 Å². The summed E-state index contributed by atoms with van der Waals surface area (Å²) in [6, 6.07) is 59.0. The van der Waals surface area contributed by atoms with Crippen molar-refractivity contribution >= 4 is 55.1 Å². The molecule has 2 aromatic heterocycles. The van der Waals surface area contributed by atoms with Gasteiger partial charge in [0, 0.05) is 16.3 Å². The van der Waals surface area contributed by atoms with E-state index in [0.29, 0.717) is 17.2 Å². The molecule has 0 saturated carbocycles. The van der Waals surface area contributed by atoms with Crippen molar-refractivity contribution < 1.29 is 4.42 Å². The molecule has 0 spiro atoms. The predicted molar refractivity (Wildman–Crippen MR) is 214 cm³/mol. The zero-order valence-electron chi connectivity index (χ0n) is 27.8. The van der Waals surface area contributed by atoms with Crippen molar-refractivity contribution in [1.82, 2.24) is 15.0 Å². The molecule has 10 aromatic rings. The zero-order valence-corrected chi connectivity index (χ0v) is 28.5. The van der Waals surface area contributed by atoms with Crippen LogP contribution in [0, 0.1) is 0 Å². The van der Waals surface area contributed by atoms with E-state index in [0.717, 1.165) is 54.8 Å². The largest absolute Gasteiger partial charge is 0.455 e. The number of fused-ring (bicyclic) bond motifs is 6. The molecule has 0 amide bonds. The van der Waals surface area contributed by atoms with Gasteiger partial charge in [0.15, 0.2) is 11.6 Å². The maximum absolute atomic E-state index is 6.72. The molecule has 0 N–H and O–H groups in total. The highest BCUT2D eigenvalue weighted by Crippen LogP contribution is 2.41. The summed E-state index contributed by atoms with van der Waals surface area (Å²) < 4.78 is 6.57. The van der Waals surface area contributed by atoms with E-state index in [9.17, 15) is 0 Å². The van der Waals surface area contributed by atoms with Crippen molar-refractivity contribution in [3.05, 3.63) is 175 Å². The SMILES string of the molecule is Clc1nc(-c2cc3cccc(-c4ccccc4)c3c3ccccc23)nc(-c2cccc3c2oc2ccc(-c4ccccc4-c4ccccc4)cc23)n1. The topological polar surface area (TPSA) is 51.8 Å². The first-order chi connectivity index (χ1) is 25.7. The Morgan fingerprint density at radius 1 is 0.385 bits per heavy atom. The fourth-order valence-electron chi connectivity index (χ4n) is 7.54. The number of hydrogen-bond donors (Lipinski definition) is 0. The van der Waals surface area contributed by atoms with Gasteiger partial charge in [-0.25, -0.2) is 4.98 Å². The summed E-state index contributed by atoms with van der Waals surface area (Å²) in [7, 11) is 0. The van der Waals surface area contributed by atoms with E-state index in [2.05, 4.69) is 143 Å². The van der Waals surface area contributed by atoms with E-state index in [1.165, 1.54) is 27.6 Å². The molecule has 0 saturated heterocycles. The number of aromatic nitrogens is 3. The fraction of sp³-hybridized carbons (Fsp3) is 0. The van der Waals surface area contributed by atoms with Crippen molar-refractivity contribution in [2.45, 2.75) is 0 Å². The number of para-hydroxylation sites is 1. The second-order valence-corrected chi connectivity index (χ2v) is 13.2. The minimum absolute atomic E-state index is 0.120. The summed E-state index contributed by atoms with van der Waals surface area (Å²) in [5, 5.41) is 6.56. The van der Waals surface area contributed by atoms with Crippen molar-refractivity contribution in [2.75, 3.05) is 0 Å². The van der Waals surface area contributed by atoms with Crippen LogP contribution >= 0.6 is 11.6 Å². The fourth-order valence-corrected chi connectivity index (χ4v) is 7.70. The summed E-state index contributed by atoms with van der Waals surface area (Å²) in [5.41, 5.74) is 10.1. The van der Waals surface area contributed by atoms with Crippen molar-refractivity contribution in [3.8, 4) is 56.2 Å².